The number of aromatic nitrogens is 1. The number of carbonyl (C=O) groups is 2. The Morgan fingerprint density at radius 1 is 1.25 bits per heavy atom. The zero-order valence-electron chi connectivity index (χ0n) is 19.9. The molecule has 0 saturated carbocycles. The van der Waals surface area contributed by atoms with Gasteiger partial charge in [-0.05, 0) is 44.1 Å². The van der Waals surface area contributed by atoms with Crippen LogP contribution in [0.15, 0.2) is 24.1 Å². The maximum atomic E-state index is 13.1. The van der Waals surface area contributed by atoms with Crippen molar-refractivity contribution < 1.29 is 19.8 Å². The number of hydrogen-bond acceptors (Lipinski definition) is 6. The molecule has 1 aromatic heterocycles. The van der Waals surface area contributed by atoms with E-state index in [1.54, 1.807) is 20.8 Å². The van der Waals surface area contributed by atoms with Crippen molar-refractivity contribution in [1.82, 2.24) is 10.3 Å². The molecular formula is C25H38N2O4S. The molecule has 3 N–H and O–H groups in total. The number of aliphatic hydroxyl groups excluding tert-OH is 2. The standard InChI is InChI=1S/C25H38N2O4S/c1-15-11-9-7-8-10-12-19(16(2)20-14-32-18(4)26-20)27-22(29)13-21(28)25(5,6)24(31)17(3)23(15)30/h8,10,14-15,17,19,21,23,28,30H,2,7,9,11-13H2,1,3-6H3,(H,27,29)/t15-,17+,19?,21+,23-/m1/s1. The summed E-state index contributed by atoms with van der Waals surface area (Å²) in [6.45, 7) is 13.0. The van der Waals surface area contributed by atoms with Crippen LogP contribution >= 0.6 is 11.3 Å². The van der Waals surface area contributed by atoms with E-state index in [2.05, 4.69) is 23.0 Å². The second-order valence-corrected chi connectivity index (χ2v) is 10.7. The number of thiazole rings is 1. The SMILES string of the molecule is C=C(c1csc(C)n1)C1CC=CCCC[C@@H](C)[C@@H](O)[C@H](C)C(=O)C(C)(C)[C@@H](O)CC(=O)N1. The van der Waals surface area contributed by atoms with E-state index in [4.69, 9.17) is 0 Å². The van der Waals surface area contributed by atoms with Crippen LogP contribution in [-0.4, -0.2) is 45.1 Å². The fourth-order valence-corrected chi connectivity index (χ4v) is 4.78. The van der Waals surface area contributed by atoms with Crippen molar-refractivity contribution >= 4 is 28.6 Å². The maximum absolute atomic E-state index is 13.1. The van der Waals surface area contributed by atoms with Gasteiger partial charge in [-0.2, -0.15) is 0 Å². The number of nitrogens with zero attached hydrogens (tertiary/aromatic N) is 1. The molecule has 2 rings (SSSR count). The molecule has 1 unspecified atom stereocenters. The van der Waals surface area contributed by atoms with Crippen LogP contribution in [0.3, 0.4) is 0 Å². The Bertz CT molecular complexity index is 845. The molecule has 178 valence electrons. The first kappa shape index (κ1) is 26.4. The van der Waals surface area contributed by atoms with Crippen LogP contribution < -0.4 is 5.32 Å². The number of hydrogen-bond donors (Lipinski definition) is 3. The Morgan fingerprint density at radius 3 is 2.56 bits per heavy atom. The fraction of sp³-hybridized carbons (Fsp3) is 0.640. The Labute approximate surface area is 195 Å². The van der Waals surface area contributed by atoms with E-state index in [1.807, 2.05) is 25.3 Å². The monoisotopic (exact) mass is 462 g/mol. The Balaban J connectivity index is 2.27. The highest BCUT2D eigenvalue weighted by atomic mass is 32.1. The van der Waals surface area contributed by atoms with Gasteiger partial charge >= 0.3 is 0 Å². The fourth-order valence-electron chi connectivity index (χ4n) is 4.14. The summed E-state index contributed by atoms with van der Waals surface area (Å²) in [7, 11) is 0. The molecule has 0 radical (unpaired) electrons. The molecule has 2 heterocycles. The first-order valence-corrected chi connectivity index (χ1v) is 12.3. The van der Waals surface area contributed by atoms with Gasteiger partial charge in [0.1, 0.15) is 5.78 Å². The average molecular weight is 463 g/mol. The van der Waals surface area contributed by atoms with Crippen LogP contribution in [0.2, 0.25) is 0 Å². The third-order valence-corrected chi connectivity index (χ3v) is 7.40. The van der Waals surface area contributed by atoms with Gasteiger partial charge in [0.2, 0.25) is 5.91 Å². The van der Waals surface area contributed by atoms with Gasteiger partial charge in [-0.15, -0.1) is 11.3 Å². The molecule has 0 fully saturated rings. The number of aliphatic hydroxyl groups is 2. The number of Topliss-reactive ketones (excluding diaryl/α,β-unsaturated/α-hetero) is 1. The summed E-state index contributed by atoms with van der Waals surface area (Å²) in [6.07, 6.45) is 5.07. The van der Waals surface area contributed by atoms with Gasteiger partial charge in [-0.25, -0.2) is 4.98 Å². The van der Waals surface area contributed by atoms with E-state index in [1.165, 1.54) is 11.3 Å². The first-order chi connectivity index (χ1) is 14.9. The van der Waals surface area contributed by atoms with Crippen molar-refractivity contribution in [3.63, 3.8) is 0 Å². The summed E-state index contributed by atoms with van der Waals surface area (Å²) in [5.74, 6) is -1.24. The van der Waals surface area contributed by atoms with Crippen molar-refractivity contribution in [2.45, 2.75) is 85.0 Å². The topological polar surface area (TPSA) is 99.5 Å². The van der Waals surface area contributed by atoms with Gasteiger partial charge in [0.05, 0.1) is 40.8 Å². The predicted octanol–water partition coefficient (Wildman–Crippen LogP) is 4.06. The first-order valence-electron chi connectivity index (χ1n) is 11.4. The third-order valence-electron chi connectivity index (χ3n) is 6.63. The molecule has 1 aromatic rings. The van der Waals surface area contributed by atoms with Gasteiger partial charge in [0, 0.05) is 11.3 Å². The van der Waals surface area contributed by atoms with Crippen molar-refractivity contribution in [3.8, 4) is 0 Å². The molecule has 0 spiro atoms. The van der Waals surface area contributed by atoms with E-state index in [0.717, 1.165) is 35.5 Å². The zero-order chi connectivity index (χ0) is 24.1. The predicted molar refractivity (Wildman–Crippen MR) is 129 cm³/mol. The normalized spacial score (nSPS) is 30.7. The molecule has 1 aliphatic heterocycles. The number of rotatable bonds is 2. The van der Waals surface area contributed by atoms with Crippen LogP contribution in [0.1, 0.15) is 70.5 Å². The quantitative estimate of drug-likeness (QED) is 0.576. The highest BCUT2D eigenvalue weighted by molar-refractivity contribution is 7.09. The van der Waals surface area contributed by atoms with Crippen molar-refractivity contribution in [1.29, 1.82) is 0 Å². The molecule has 6 nitrogen and oxygen atoms in total. The van der Waals surface area contributed by atoms with Crippen molar-refractivity contribution in [3.05, 3.63) is 34.8 Å². The zero-order valence-corrected chi connectivity index (χ0v) is 20.7. The molecule has 5 atom stereocenters. The van der Waals surface area contributed by atoms with E-state index < -0.39 is 23.5 Å². The minimum Gasteiger partial charge on any atom is -0.392 e. The van der Waals surface area contributed by atoms with Crippen molar-refractivity contribution in [2.75, 3.05) is 0 Å². The van der Waals surface area contributed by atoms with E-state index in [9.17, 15) is 19.8 Å². The lowest BCUT2D eigenvalue weighted by Crippen LogP contribution is -2.47. The van der Waals surface area contributed by atoms with Gasteiger partial charge < -0.3 is 15.5 Å². The van der Waals surface area contributed by atoms with Gasteiger partial charge in [-0.3, -0.25) is 9.59 Å². The second-order valence-electron chi connectivity index (χ2n) is 9.60. The smallest absolute Gasteiger partial charge is 0.223 e. The third kappa shape index (κ3) is 6.59. The summed E-state index contributed by atoms with van der Waals surface area (Å²) < 4.78 is 0. The number of amides is 1. The lowest BCUT2D eigenvalue weighted by atomic mass is 9.73. The molecular weight excluding hydrogens is 424 g/mol. The number of allylic oxidation sites excluding steroid dienone is 1. The molecule has 32 heavy (non-hydrogen) atoms. The minimum atomic E-state index is -1.17. The van der Waals surface area contributed by atoms with E-state index in [0.29, 0.717) is 6.42 Å². The lowest BCUT2D eigenvalue weighted by molar-refractivity contribution is -0.143. The van der Waals surface area contributed by atoms with E-state index >= 15 is 0 Å². The molecule has 0 saturated heterocycles. The summed E-state index contributed by atoms with van der Waals surface area (Å²) in [5.41, 5.74) is 0.324. The van der Waals surface area contributed by atoms with Crippen LogP contribution in [0.4, 0.5) is 0 Å². The van der Waals surface area contributed by atoms with Gasteiger partial charge in [0.25, 0.3) is 0 Å². The highest BCUT2D eigenvalue weighted by Crippen LogP contribution is 2.32. The largest absolute Gasteiger partial charge is 0.392 e. The number of aryl methyl sites for hydroxylation is 1. The number of nitrogens with one attached hydrogen (secondary N) is 1. The van der Waals surface area contributed by atoms with Crippen LogP contribution in [0.25, 0.3) is 5.57 Å². The molecule has 0 aliphatic carbocycles. The summed E-state index contributed by atoms with van der Waals surface area (Å²) in [6, 6.07) is -0.348. The minimum absolute atomic E-state index is 0.0353. The summed E-state index contributed by atoms with van der Waals surface area (Å²) in [4.78, 5) is 30.4. The molecule has 0 bridgehead atoms. The molecule has 7 heteroatoms. The lowest BCUT2D eigenvalue weighted by Gasteiger charge is -2.34. The maximum Gasteiger partial charge on any atom is 0.223 e. The van der Waals surface area contributed by atoms with Crippen LogP contribution in [0.5, 0.6) is 0 Å². The Hall–Kier alpha value is -1.83. The van der Waals surface area contributed by atoms with Crippen LogP contribution in [-0.2, 0) is 9.59 Å². The molecule has 1 aliphatic rings. The summed E-state index contributed by atoms with van der Waals surface area (Å²) in [5, 5.41) is 27.3. The summed E-state index contributed by atoms with van der Waals surface area (Å²) >= 11 is 1.53. The van der Waals surface area contributed by atoms with Crippen LogP contribution in [0, 0.1) is 24.2 Å². The average Bonchev–Trinajstić information content (AvgIpc) is 3.18. The van der Waals surface area contributed by atoms with Gasteiger partial charge in [-0.1, -0.05) is 46.4 Å². The van der Waals surface area contributed by atoms with Gasteiger partial charge in [0.15, 0.2) is 0 Å². The Kier molecular flexibility index (Phi) is 9.37. The molecule has 0 aromatic carbocycles. The number of ketones is 1. The number of carbonyl (C=O) groups excluding carboxylic acids is 2. The Morgan fingerprint density at radius 2 is 1.94 bits per heavy atom. The second kappa shape index (κ2) is 11.3. The van der Waals surface area contributed by atoms with Crippen molar-refractivity contribution in [2.24, 2.45) is 17.3 Å². The molecule has 1 amide bonds. The van der Waals surface area contributed by atoms with E-state index in [-0.39, 0.29) is 30.1 Å². The highest BCUT2D eigenvalue weighted by Gasteiger charge is 2.42.